The van der Waals surface area contributed by atoms with Gasteiger partial charge in [-0.2, -0.15) is 0 Å². The number of hydrogen-bond donors (Lipinski definition) is 1. The zero-order valence-corrected chi connectivity index (χ0v) is 25.1. The van der Waals surface area contributed by atoms with Crippen LogP contribution in [-0.4, -0.2) is 122 Å². The monoisotopic (exact) mass is 636 g/mol. The molecule has 10 atom stereocenters. The van der Waals surface area contributed by atoms with Crippen LogP contribution in [-0.2, 0) is 80.9 Å². The van der Waals surface area contributed by atoms with Crippen LogP contribution in [0.3, 0.4) is 0 Å². The standard InChI is InChI=1S/C26H36O18/c1-10(27)35-8-17-19(37-12(3)29)21(23(25(34)42-17)40-15(6)32)44-26-24(41-16(7)33)22(39-14(5)31)20(38-13(4)30)18(43-26)9-36-11(2)28/h17-26,34H,8-9H2,1-7H3/t17?,18?,19-,20-,21+,22+,23+,24+,25+,26+/m1/s1. The van der Waals surface area contributed by atoms with Crippen molar-refractivity contribution in [2.45, 2.75) is 110 Å². The van der Waals surface area contributed by atoms with Crippen molar-refractivity contribution in [1.82, 2.24) is 0 Å². The van der Waals surface area contributed by atoms with Gasteiger partial charge in [-0.3, -0.25) is 33.6 Å². The summed E-state index contributed by atoms with van der Waals surface area (Å²) in [6.07, 6.45) is -16.4. The Balaban J connectivity index is 2.66. The number of rotatable bonds is 11. The van der Waals surface area contributed by atoms with E-state index in [1.165, 1.54) is 0 Å². The van der Waals surface area contributed by atoms with Gasteiger partial charge in [-0.05, 0) is 0 Å². The van der Waals surface area contributed by atoms with Gasteiger partial charge in [0.1, 0.15) is 31.5 Å². The van der Waals surface area contributed by atoms with Crippen LogP contribution in [0.5, 0.6) is 0 Å². The first kappa shape index (κ1) is 36.3. The molecular formula is C26H36O18. The summed E-state index contributed by atoms with van der Waals surface area (Å²) in [5.74, 6) is -6.03. The molecule has 2 saturated heterocycles. The summed E-state index contributed by atoms with van der Waals surface area (Å²) in [6, 6.07) is 0. The van der Waals surface area contributed by atoms with E-state index >= 15 is 0 Å². The molecular weight excluding hydrogens is 600 g/mol. The minimum Gasteiger partial charge on any atom is -0.463 e. The highest BCUT2D eigenvalue weighted by atomic mass is 16.8. The van der Waals surface area contributed by atoms with Crippen molar-refractivity contribution in [3.8, 4) is 0 Å². The van der Waals surface area contributed by atoms with Crippen molar-refractivity contribution in [2.24, 2.45) is 0 Å². The minimum atomic E-state index is -1.94. The van der Waals surface area contributed by atoms with Crippen LogP contribution in [0.1, 0.15) is 48.5 Å². The number of carbonyl (C=O) groups is 7. The molecule has 2 aliphatic rings. The predicted molar refractivity (Wildman–Crippen MR) is 135 cm³/mol. The fourth-order valence-electron chi connectivity index (χ4n) is 4.49. The number of hydrogen-bond acceptors (Lipinski definition) is 18. The first-order valence-electron chi connectivity index (χ1n) is 13.3. The van der Waals surface area contributed by atoms with Crippen molar-refractivity contribution in [1.29, 1.82) is 0 Å². The topological polar surface area (TPSA) is 232 Å². The molecule has 2 unspecified atom stereocenters. The highest BCUT2D eigenvalue weighted by Gasteiger charge is 2.57. The Bertz CT molecular complexity index is 1090. The number of ether oxygens (including phenoxy) is 10. The van der Waals surface area contributed by atoms with Crippen LogP contribution in [0.2, 0.25) is 0 Å². The van der Waals surface area contributed by atoms with E-state index in [1.54, 1.807) is 0 Å². The Morgan fingerprint density at radius 1 is 0.477 bits per heavy atom. The normalized spacial score (nSPS) is 31.5. The van der Waals surface area contributed by atoms with Crippen molar-refractivity contribution in [3.05, 3.63) is 0 Å². The summed E-state index contributed by atoms with van der Waals surface area (Å²) in [5.41, 5.74) is 0. The van der Waals surface area contributed by atoms with E-state index in [9.17, 15) is 38.7 Å². The molecule has 0 bridgehead atoms. The molecule has 2 rings (SSSR count). The van der Waals surface area contributed by atoms with E-state index in [4.69, 9.17) is 47.4 Å². The molecule has 0 aliphatic carbocycles. The van der Waals surface area contributed by atoms with Gasteiger partial charge in [-0.15, -0.1) is 0 Å². The lowest BCUT2D eigenvalue weighted by molar-refractivity contribution is -0.357. The average Bonchev–Trinajstić information content (AvgIpc) is 2.87. The first-order chi connectivity index (χ1) is 20.5. The molecule has 44 heavy (non-hydrogen) atoms. The second kappa shape index (κ2) is 16.3. The number of esters is 7. The minimum absolute atomic E-state index is 0.560. The predicted octanol–water partition coefficient (Wildman–Crippen LogP) is -1.40. The van der Waals surface area contributed by atoms with Crippen LogP contribution in [0.15, 0.2) is 0 Å². The van der Waals surface area contributed by atoms with E-state index in [1.807, 2.05) is 0 Å². The lowest BCUT2D eigenvalue weighted by Gasteiger charge is -2.48. The van der Waals surface area contributed by atoms with Crippen molar-refractivity contribution < 1.29 is 86.0 Å². The molecule has 1 N–H and O–H groups in total. The Kier molecular flexibility index (Phi) is 13.4. The molecule has 2 fully saturated rings. The molecule has 248 valence electrons. The van der Waals surface area contributed by atoms with E-state index in [0.29, 0.717) is 0 Å². The second-order valence-electron chi connectivity index (χ2n) is 9.68. The summed E-state index contributed by atoms with van der Waals surface area (Å²) < 4.78 is 54.0. The zero-order valence-electron chi connectivity index (χ0n) is 25.1. The third-order valence-corrected chi connectivity index (χ3v) is 5.90. The van der Waals surface area contributed by atoms with Crippen LogP contribution in [0.25, 0.3) is 0 Å². The first-order valence-corrected chi connectivity index (χ1v) is 13.3. The molecule has 0 aromatic rings. The maximum atomic E-state index is 12.2. The van der Waals surface area contributed by atoms with Crippen LogP contribution in [0.4, 0.5) is 0 Å². The number of aliphatic hydroxyl groups is 1. The highest BCUT2D eigenvalue weighted by molar-refractivity contribution is 5.69. The molecule has 0 aromatic heterocycles. The van der Waals surface area contributed by atoms with Crippen molar-refractivity contribution in [3.63, 3.8) is 0 Å². The average molecular weight is 637 g/mol. The van der Waals surface area contributed by atoms with E-state index < -0.39 is 116 Å². The Labute approximate surface area is 251 Å². The van der Waals surface area contributed by atoms with Crippen LogP contribution >= 0.6 is 0 Å². The maximum Gasteiger partial charge on any atom is 0.303 e. The summed E-state index contributed by atoms with van der Waals surface area (Å²) in [5, 5.41) is 10.8. The molecule has 0 saturated carbocycles. The number of aliphatic hydroxyl groups excluding tert-OH is 1. The SMILES string of the molecule is CC(=O)OCC1O[C@@H](O[C@@H]2[C@H](OC(C)=O)[C@@H](O)OC(COC(C)=O)[C@H]2OC(C)=O)[C@@H](OC(C)=O)[C@@H](OC(C)=O)[C@@H]1OC(C)=O. The zero-order chi connectivity index (χ0) is 33.3. The fraction of sp³-hybridized carbons (Fsp3) is 0.731. The molecule has 0 amide bonds. The summed E-state index contributed by atoms with van der Waals surface area (Å²) in [6.45, 7) is 6.13. The number of carbonyl (C=O) groups excluding carboxylic acids is 7. The van der Waals surface area contributed by atoms with E-state index in [-0.39, 0.29) is 0 Å². The third-order valence-electron chi connectivity index (χ3n) is 5.90. The van der Waals surface area contributed by atoms with Gasteiger partial charge in [0, 0.05) is 48.5 Å². The van der Waals surface area contributed by atoms with Gasteiger partial charge in [0.25, 0.3) is 0 Å². The molecule has 2 aliphatic heterocycles. The van der Waals surface area contributed by atoms with Crippen molar-refractivity contribution >= 4 is 41.8 Å². The summed E-state index contributed by atoms with van der Waals surface area (Å²) in [7, 11) is 0. The third kappa shape index (κ3) is 10.7. The van der Waals surface area contributed by atoms with Gasteiger partial charge in [0.05, 0.1) is 0 Å². The quantitative estimate of drug-likeness (QED) is 0.203. The Hall–Kier alpha value is -3.87. The Morgan fingerprint density at radius 3 is 1.27 bits per heavy atom. The molecule has 18 heteroatoms. The summed E-state index contributed by atoms with van der Waals surface area (Å²) >= 11 is 0. The van der Waals surface area contributed by atoms with E-state index in [0.717, 1.165) is 48.5 Å². The van der Waals surface area contributed by atoms with Gasteiger partial charge in [-0.1, -0.05) is 0 Å². The van der Waals surface area contributed by atoms with Gasteiger partial charge in [0.15, 0.2) is 43.1 Å². The van der Waals surface area contributed by atoms with Gasteiger partial charge in [0.2, 0.25) is 0 Å². The molecule has 2 heterocycles. The molecule has 0 aromatic carbocycles. The van der Waals surface area contributed by atoms with Crippen LogP contribution in [0, 0.1) is 0 Å². The Morgan fingerprint density at radius 2 is 0.841 bits per heavy atom. The van der Waals surface area contributed by atoms with E-state index in [2.05, 4.69) is 0 Å². The fourth-order valence-corrected chi connectivity index (χ4v) is 4.49. The van der Waals surface area contributed by atoms with Gasteiger partial charge >= 0.3 is 41.8 Å². The van der Waals surface area contributed by atoms with Crippen molar-refractivity contribution in [2.75, 3.05) is 13.2 Å². The summed E-state index contributed by atoms with van der Waals surface area (Å²) in [4.78, 5) is 83.5. The highest BCUT2D eigenvalue weighted by Crippen LogP contribution is 2.35. The largest absolute Gasteiger partial charge is 0.463 e. The maximum absolute atomic E-state index is 12.2. The van der Waals surface area contributed by atoms with Crippen LogP contribution < -0.4 is 0 Å². The molecule has 0 spiro atoms. The lowest BCUT2D eigenvalue weighted by atomic mass is 9.96. The molecule has 0 radical (unpaired) electrons. The second-order valence-corrected chi connectivity index (χ2v) is 9.68. The van der Waals surface area contributed by atoms with Gasteiger partial charge in [-0.25, -0.2) is 0 Å². The molecule has 18 nitrogen and oxygen atoms in total. The smallest absolute Gasteiger partial charge is 0.303 e. The van der Waals surface area contributed by atoms with Gasteiger partial charge < -0.3 is 52.5 Å². The lowest BCUT2D eigenvalue weighted by Crippen LogP contribution is -2.67.